The van der Waals surface area contributed by atoms with E-state index < -0.39 is 58.0 Å². The molecule has 4 rings (SSSR count). The van der Waals surface area contributed by atoms with Crippen molar-refractivity contribution in [1.29, 1.82) is 0 Å². The highest BCUT2D eigenvalue weighted by Gasteiger charge is 2.53. The van der Waals surface area contributed by atoms with Crippen molar-refractivity contribution in [3.05, 3.63) is 69.8 Å². The maximum absolute atomic E-state index is 14.5. The minimum absolute atomic E-state index is 0.00804. The lowest BCUT2D eigenvalue weighted by Crippen LogP contribution is -2.39. The largest absolute Gasteiger partial charge is 0.480 e. The van der Waals surface area contributed by atoms with Crippen LogP contribution in [0, 0.1) is 34.1 Å². The summed E-state index contributed by atoms with van der Waals surface area (Å²) in [5, 5.41) is 43.2. The van der Waals surface area contributed by atoms with Gasteiger partial charge in [0, 0.05) is 24.2 Å². The van der Waals surface area contributed by atoms with Crippen molar-refractivity contribution < 1.29 is 57.2 Å². The number of unbranched alkanes of at least 4 members (excludes halogenated alkanes) is 13. The van der Waals surface area contributed by atoms with Gasteiger partial charge in [-0.05, 0) is 93.9 Å². The second-order valence-electron chi connectivity index (χ2n) is 17.5. The Balaban J connectivity index is 0.000000330. The zero-order valence-corrected chi connectivity index (χ0v) is 36.8. The molecule has 2 saturated carbocycles. The van der Waals surface area contributed by atoms with Crippen LogP contribution < -0.4 is 10.6 Å². The summed E-state index contributed by atoms with van der Waals surface area (Å²) in [6, 6.07) is 5.81. The third-order valence-electron chi connectivity index (χ3n) is 12.9. The summed E-state index contributed by atoms with van der Waals surface area (Å²) < 4.78 is 57.8. The molecule has 0 aromatic heterocycles. The molecule has 2 atom stereocenters. The van der Waals surface area contributed by atoms with Crippen LogP contribution in [-0.4, -0.2) is 62.9 Å². The molecule has 62 heavy (non-hydrogen) atoms. The number of halogens is 4. The van der Waals surface area contributed by atoms with Crippen molar-refractivity contribution in [2.45, 2.75) is 187 Å². The normalized spacial score (nSPS) is 17.7. The van der Waals surface area contributed by atoms with E-state index in [2.05, 4.69) is 24.5 Å². The second-order valence-corrected chi connectivity index (χ2v) is 17.5. The standard InChI is InChI=1S/2C24H35F2NO4/c1-2-3-4-5-6-7-8-9-17-10-11-18(21(26)20(17)25)13-15-27-19-12-14-24(16-19,22(28)29)23(30)31;1-2-3-4-5-6-7-8-9-10-17-11-12-18(21(26)20(17)25)16-27-19-13-14-24(15-19,22(28)29)23(30)31/h10-11,19,27H,2-9,12-16H2,1H3,(H,28,29)(H,30,31);11-12,19,27H,2-10,13-16H2,1H3,(H,28,29)(H,30,31). The van der Waals surface area contributed by atoms with Crippen LogP contribution in [0.5, 0.6) is 0 Å². The molecule has 0 aliphatic heterocycles. The van der Waals surface area contributed by atoms with Gasteiger partial charge < -0.3 is 31.1 Å². The Morgan fingerprint density at radius 1 is 0.500 bits per heavy atom. The van der Waals surface area contributed by atoms with Crippen molar-refractivity contribution in [3.8, 4) is 0 Å². The van der Waals surface area contributed by atoms with Crippen molar-refractivity contribution in [1.82, 2.24) is 10.6 Å². The molecule has 348 valence electrons. The van der Waals surface area contributed by atoms with Gasteiger partial charge in [-0.2, -0.15) is 0 Å². The molecule has 0 bridgehead atoms. The summed E-state index contributed by atoms with van der Waals surface area (Å²) in [7, 11) is 0. The van der Waals surface area contributed by atoms with E-state index >= 15 is 0 Å². The minimum atomic E-state index is -1.80. The van der Waals surface area contributed by atoms with Gasteiger partial charge in [-0.25, -0.2) is 17.6 Å². The lowest BCUT2D eigenvalue weighted by atomic mass is 9.86. The van der Waals surface area contributed by atoms with Crippen LogP contribution in [-0.2, 0) is 45.0 Å². The van der Waals surface area contributed by atoms with Crippen LogP contribution in [0.3, 0.4) is 0 Å². The Morgan fingerprint density at radius 2 is 0.823 bits per heavy atom. The van der Waals surface area contributed by atoms with Gasteiger partial charge in [-0.3, -0.25) is 19.2 Å². The molecule has 0 saturated heterocycles. The maximum atomic E-state index is 14.5. The first-order valence-electron chi connectivity index (χ1n) is 22.9. The molecule has 2 aromatic rings. The van der Waals surface area contributed by atoms with Gasteiger partial charge in [-0.15, -0.1) is 0 Å². The molecule has 2 unspecified atom stereocenters. The zero-order valence-electron chi connectivity index (χ0n) is 36.8. The van der Waals surface area contributed by atoms with Crippen molar-refractivity contribution in [2.75, 3.05) is 6.54 Å². The SMILES string of the molecule is CCCCCCCCCCc1ccc(CNC2CCC(C(=O)O)(C(=O)O)C2)c(F)c1F.CCCCCCCCCc1ccc(CCNC2CCC(C(=O)O)(C(=O)O)C2)c(F)c1F. The van der Waals surface area contributed by atoms with E-state index in [9.17, 15) is 57.2 Å². The number of rotatable bonds is 28. The van der Waals surface area contributed by atoms with Crippen LogP contribution in [0.1, 0.15) is 171 Å². The Kier molecular flexibility index (Phi) is 22.4. The van der Waals surface area contributed by atoms with E-state index in [0.717, 1.165) is 38.5 Å². The van der Waals surface area contributed by atoms with E-state index in [1.54, 1.807) is 24.3 Å². The van der Waals surface area contributed by atoms with Gasteiger partial charge in [0.2, 0.25) is 0 Å². The third kappa shape index (κ3) is 15.1. The fraction of sp³-hybridized carbons (Fsp3) is 0.667. The molecule has 0 spiro atoms. The maximum Gasteiger partial charge on any atom is 0.321 e. The Hall–Kier alpha value is -4.04. The smallest absolute Gasteiger partial charge is 0.321 e. The van der Waals surface area contributed by atoms with E-state index in [4.69, 9.17) is 0 Å². The summed E-state index contributed by atoms with van der Waals surface area (Å²) in [6.07, 6.45) is 19.1. The van der Waals surface area contributed by atoms with E-state index in [1.165, 1.54) is 57.8 Å². The lowest BCUT2D eigenvalue weighted by molar-refractivity contribution is -0.166. The first-order chi connectivity index (χ1) is 29.6. The molecule has 2 aliphatic rings. The summed E-state index contributed by atoms with van der Waals surface area (Å²) in [5.41, 5.74) is -2.34. The highest BCUT2D eigenvalue weighted by molar-refractivity contribution is 5.99. The lowest BCUT2D eigenvalue weighted by Gasteiger charge is -2.19. The summed E-state index contributed by atoms with van der Waals surface area (Å²) in [5.74, 6) is -8.66. The van der Waals surface area contributed by atoms with Crippen LogP contribution in [0.2, 0.25) is 0 Å². The monoisotopic (exact) mass is 879 g/mol. The van der Waals surface area contributed by atoms with E-state index in [-0.39, 0.29) is 61.9 Å². The molecule has 0 heterocycles. The molecular weight excluding hydrogens is 809 g/mol. The predicted molar refractivity (Wildman–Crippen MR) is 230 cm³/mol. The average molecular weight is 879 g/mol. The molecule has 0 radical (unpaired) electrons. The minimum Gasteiger partial charge on any atom is -0.480 e. The number of hydrogen-bond acceptors (Lipinski definition) is 6. The molecule has 10 nitrogen and oxygen atoms in total. The molecule has 2 aliphatic carbocycles. The highest BCUT2D eigenvalue weighted by Crippen LogP contribution is 2.40. The predicted octanol–water partition coefficient (Wildman–Crippen LogP) is 10.5. The van der Waals surface area contributed by atoms with Gasteiger partial charge >= 0.3 is 23.9 Å². The molecule has 14 heteroatoms. The quantitative estimate of drug-likeness (QED) is 0.0274. The van der Waals surface area contributed by atoms with Crippen molar-refractivity contribution >= 4 is 23.9 Å². The highest BCUT2D eigenvalue weighted by atomic mass is 19.2. The zero-order chi connectivity index (χ0) is 45.7. The van der Waals surface area contributed by atoms with Crippen molar-refractivity contribution in [2.24, 2.45) is 10.8 Å². The third-order valence-corrected chi connectivity index (χ3v) is 12.9. The number of benzene rings is 2. The number of hydrogen-bond donors (Lipinski definition) is 6. The number of carboxylic acid groups (broad SMARTS) is 4. The first kappa shape index (κ1) is 52.3. The summed E-state index contributed by atoms with van der Waals surface area (Å²) >= 11 is 0. The Morgan fingerprint density at radius 3 is 1.19 bits per heavy atom. The summed E-state index contributed by atoms with van der Waals surface area (Å²) in [6.45, 7) is 4.72. The fourth-order valence-electron chi connectivity index (χ4n) is 8.76. The van der Waals surface area contributed by atoms with Crippen molar-refractivity contribution in [3.63, 3.8) is 0 Å². The van der Waals surface area contributed by atoms with Crippen LogP contribution in [0.4, 0.5) is 17.6 Å². The van der Waals surface area contributed by atoms with Gasteiger partial charge in [-0.1, -0.05) is 122 Å². The number of aryl methyl sites for hydroxylation is 2. The van der Waals surface area contributed by atoms with E-state index in [0.29, 0.717) is 43.4 Å². The van der Waals surface area contributed by atoms with Gasteiger partial charge in [0.05, 0.1) is 0 Å². The summed E-state index contributed by atoms with van der Waals surface area (Å²) in [4.78, 5) is 45.5. The number of aliphatic carboxylic acids is 4. The van der Waals surface area contributed by atoms with E-state index in [1.807, 2.05) is 0 Å². The van der Waals surface area contributed by atoms with Gasteiger partial charge in [0.15, 0.2) is 34.1 Å². The first-order valence-corrected chi connectivity index (χ1v) is 22.9. The molecule has 0 amide bonds. The second kappa shape index (κ2) is 26.6. The van der Waals surface area contributed by atoms with Crippen LogP contribution >= 0.6 is 0 Å². The topological polar surface area (TPSA) is 173 Å². The van der Waals surface area contributed by atoms with Gasteiger partial charge in [0.25, 0.3) is 0 Å². The number of carboxylic acids is 4. The number of carbonyl (C=O) groups is 4. The molecule has 2 aromatic carbocycles. The Labute approximate surface area is 364 Å². The average Bonchev–Trinajstić information content (AvgIpc) is 3.89. The van der Waals surface area contributed by atoms with Gasteiger partial charge in [0.1, 0.15) is 0 Å². The van der Waals surface area contributed by atoms with Crippen LogP contribution in [0.25, 0.3) is 0 Å². The molecule has 2 fully saturated rings. The Bertz CT molecular complexity index is 1730. The number of nitrogens with one attached hydrogen (secondary N) is 2. The fourth-order valence-corrected chi connectivity index (χ4v) is 8.76. The van der Waals surface area contributed by atoms with Crippen LogP contribution in [0.15, 0.2) is 24.3 Å². The molecule has 6 N–H and O–H groups in total. The molecular formula is C48H70F4N2O8.